The van der Waals surface area contributed by atoms with Crippen LogP contribution in [0.1, 0.15) is 11.1 Å². The van der Waals surface area contributed by atoms with Crippen LogP contribution in [0.3, 0.4) is 0 Å². The molecule has 0 unspecified atom stereocenters. The van der Waals surface area contributed by atoms with Gasteiger partial charge in [-0.3, -0.25) is 4.79 Å². The Morgan fingerprint density at radius 1 is 1.25 bits per heavy atom. The molecule has 0 bridgehead atoms. The van der Waals surface area contributed by atoms with E-state index in [0.717, 1.165) is 6.07 Å². The van der Waals surface area contributed by atoms with E-state index >= 15 is 0 Å². The third-order valence-corrected chi connectivity index (χ3v) is 3.32. The summed E-state index contributed by atoms with van der Waals surface area (Å²) in [6, 6.07) is 7.57. The molecule has 20 heavy (non-hydrogen) atoms. The minimum Gasteiger partial charge on any atom is -0.384 e. The van der Waals surface area contributed by atoms with Crippen molar-refractivity contribution in [3.05, 3.63) is 50.0 Å². The molecule has 0 saturated heterocycles. The number of nitrogens with one attached hydrogen (secondary N) is 1. The molecule has 0 fully saturated rings. The van der Waals surface area contributed by atoms with Crippen molar-refractivity contribution in [3.8, 4) is 23.3 Å². The first-order valence-electron chi connectivity index (χ1n) is 5.31. The van der Waals surface area contributed by atoms with Crippen LogP contribution in [-0.2, 0) is 0 Å². The number of hydrogen-bond donors (Lipinski definition) is 2. The highest BCUT2D eigenvalue weighted by Gasteiger charge is 2.18. The van der Waals surface area contributed by atoms with E-state index in [1.54, 1.807) is 6.07 Å². The van der Waals surface area contributed by atoms with Gasteiger partial charge in [-0.2, -0.15) is 10.5 Å². The fourth-order valence-corrected chi connectivity index (χ4v) is 2.03. The predicted molar refractivity (Wildman–Crippen MR) is 74.0 cm³/mol. The molecule has 0 aliphatic carbocycles. The van der Waals surface area contributed by atoms with Gasteiger partial charge in [0.15, 0.2) is 0 Å². The Labute approximate surface area is 121 Å². The van der Waals surface area contributed by atoms with E-state index in [9.17, 15) is 9.18 Å². The molecule has 1 heterocycles. The second-order valence-corrected chi connectivity index (χ2v) is 4.70. The van der Waals surface area contributed by atoms with Crippen LogP contribution >= 0.6 is 15.9 Å². The van der Waals surface area contributed by atoms with Crippen LogP contribution in [0.2, 0.25) is 0 Å². The van der Waals surface area contributed by atoms with Crippen LogP contribution in [0.4, 0.5) is 10.2 Å². The molecule has 0 aliphatic rings. The highest BCUT2D eigenvalue weighted by Crippen LogP contribution is 2.30. The molecular weight excluding hydrogens is 327 g/mol. The number of nitrogens with two attached hydrogens (primary N) is 1. The van der Waals surface area contributed by atoms with Gasteiger partial charge in [0, 0.05) is 5.56 Å². The van der Waals surface area contributed by atoms with Gasteiger partial charge in [0.25, 0.3) is 5.56 Å². The first-order valence-corrected chi connectivity index (χ1v) is 6.10. The first-order chi connectivity index (χ1) is 9.49. The van der Waals surface area contributed by atoms with Gasteiger partial charge < -0.3 is 10.7 Å². The van der Waals surface area contributed by atoms with Gasteiger partial charge in [0.2, 0.25) is 0 Å². The van der Waals surface area contributed by atoms with E-state index in [4.69, 9.17) is 16.3 Å². The average molecular weight is 333 g/mol. The number of aromatic nitrogens is 1. The summed E-state index contributed by atoms with van der Waals surface area (Å²) in [5.74, 6) is -0.732. The Morgan fingerprint density at radius 3 is 2.45 bits per heavy atom. The second-order valence-electron chi connectivity index (χ2n) is 3.85. The number of nitrogens with zero attached hydrogens (tertiary/aromatic N) is 2. The van der Waals surface area contributed by atoms with Crippen molar-refractivity contribution < 1.29 is 4.39 Å². The van der Waals surface area contributed by atoms with Gasteiger partial charge in [-0.25, -0.2) is 4.39 Å². The Bertz CT molecular complexity index is 845. The molecule has 2 aromatic rings. The largest absolute Gasteiger partial charge is 0.384 e. The Kier molecular flexibility index (Phi) is 3.55. The van der Waals surface area contributed by atoms with E-state index < -0.39 is 11.4 Å². The summed E-state index contributed by atoms with van der Waals surface area (Å²) in [5, 5.41) is 18.2. The lowest BCUT2D eigenvalue weighted by Crippen LogP contribution is -2.16. The molecular formula is C13H6BrFN4O. The van der Waals surface area contributed by atoms with Crippen molar-refractivity contribution in [1.82, 2.24) is 4.98 Å². The van der Waals surface area contributed by atoms with Gasteiger partial charge in [0.1, 0.15) is 34.9 Å². The van der Waals surface area contributed by atoms with Gasteiger partial charge in [0.05, 0.1) is 4.47 Å². The van der Waals surface area contributed by atoms with Gasteiger partial charge in [-0.05, 0) is 33.6 Å². The lowest BCUT2D eigenvalue weighted by molar-refractivity contribution is 0.621. The van der Waals surface area contributed by atoms with Crippen LogP contribution in [0.25, 0.3) is 11.1 Å². The molecule has 0 aliphatic heterocycles. The number of anilines is 1. The van der Waals surface area contributed by atoms with Crippen molar-refractivity contribution in [2.45, 2.75) is 0 Å². The maximum Gasteiger partial charge on any atom is 0.268 e. The molecule has 1 aromatic carbocycles. The summed E-state index contributed by atoms with van der Waals surface area (Å²) < 4.78 is 13.8. The maximum atomic E-state index is 13.6. The molecule has 2 rings (SSSR count). The molecule has 0 spiro atoms. The highest BCUT2D eigenvalue weighted by atomic mass is 79.9. The van der Waals surface area contributed by atoms with Crippen molar-refractivity contribution in [2.75, 3.05) is 5.73 Å². The van der Waals surface area contributed by atoms with Gasteiger partial charge >= 0.3 is 0 Å². The predicted octanol–water partition coefficient (Wildman–Crippen LogP) is 2.27. The van der Waals surface area contributed by atoms with Crippen molar-refractivity contribution in [3.63, 3.8) is 0 Å². The zero-order valence-electron chi connectivity index (χ0n) is 9.87. The molecule has 98 valence electrons. The van der Waals surface area contributed by atoms with E-state index in [1.807, 2.05) is 6.07 Å². The molecule has 3 N–H and O–H groups in total. The van der Waals surface area contributed by atoms with Crippen molar-refractivity contribution >= 4 is 21.7 Å². The molecule has 5 nitrogen and oxygen atoms in total. The van der Waals surface area contributed by atoms with E-state index in [1.165, 1.54) is 12.1 Å². The highest BCUT2D eigenvalue weighted by molar-refractivity contribution is 9.10. The number of rotatable bonds is 1. The summed E-state index contributed by atoms with van der Waals surface area (Å²) in [6.07, 6.45) is 0. The number of hydrogen-bond acceptors (Lipinski definition) is 4. The minimum atomic E-state index is -0.720. The van der Waals surface area contributed by atoms with E-state index in [2.05, 4.69) is 20.9 Å². The fraction of sp³-hybridized carbons (Fsp3) is 0. The van der Waals surface area contributed by atoms with Crippen LogP contribution in [0, 0.1) is 28.5 Å². The Morgan fingerprint density at radius 2 is 1.90 bits per heavy atom. The summed E-state index contributed by atoms with van der Waals surface area (Å²) in [5.41, 5.74) is 4.77. The third kappa shape index (κ3) is 2.15. The normalized spacial score (nSPS) is 9.80. The maximum absolute atomic E-state index is 13.6. The number of nitriles is 2. The number of halogens is 2. The zero-order valence-corrected chi connectivity index (χ0v) is 11.5. The van der Waals surface area contributed by atoms with Crippen molar-refractivity contribution in [2.24, 2.45) is 0 Å². The van der Waals surface area contributed by atoms with E-state index in [0.29, 0.717) is 0 Å². The molecule has 7 heteroatoms. The Balaban J connectivity index is 2.92. The van der Waals surface area contributed by atoms with Crippen molar-refractivity contribution in [1.29, 1.82) is 10.5 Å². The second kappa shape index (κ2) is 5.16. The van der Waals surface area contributed by atoms with Crippen LogP contribution in [-0.4, -0.2) is 4.98 Å². The Hall–Kier alpha value is -2.64. The van der Waals surface area contributed by atoms with Gasteiger partial charge in [-0.15, -0.1) is 0 Å². The monoisotopic (exact) mass is 332 g/mol. The smallest absolute Gasteiger partial charge is 0.268 e. The molecule has 0 radical (unpaired) electrons. The summed E-state index contributed by atoms with van der Waals surface area (Å²) in [6.45, 7) is 0. The van der Waals surface area contributed by atoms with Crippen LogP contribution in [0.5, 0.6) is 0 Å². The summed E-state index contributed by atoms with van der Waals surface area (Å²) in [4.78, 5) is 13.9. The number of nitrogen functional groups attached to an aromatic ring is 1. The summed E-state index contributed by atoms with van der Waals surface area (Å²) >= 11 is 3.00. The van der Waals surface area contributed by atoms with Crippen LogP contribution < -0.4 is 11.3 Å². The van der Waals surface area contributed by atoms with Gasteiger partial charge in [-0.1, -0.05) is 6.07 Å². The SMILES string of the molecule is N#Cc1c(N)[nH]c(=O)c(C#N)c1-c1ccc(Br)c(F)c1. The average Bonchev–Trinajstić information content (AvgIpc) is 2.41. The summed E-state index contributed by atoms with van der Waals surface area (Å²) in [7, 11) is 0. The van der Waals surface area contributed by atoms with E-state index in [-0.39, 0.29) is 32.5 Å². The van der Waals surface area contributed by atoms with Crippen LogP contribution in [0.15, 0.2) is 27.5 Å². The molecule has 0 saturated carbocycles. The number of pyridine rings is 1. The molecule has 0 amide bonds. The number of aromatic amines is 1. The lowest BCUT2D eigenvalue weighted by Gasteiger charge is -2.09. The zero-order chi connectivity index (χ0) is 14.9. The standard InChI is InChI=1S/C13H6BrFN4O/c14-9-2-1-6(3-10(9)15)11-7(4-16)12(18)19-13(20)8(11)5-17/h1-3H,(H3,18,19,20). The fourth-order valence-electron chi connectivity index (χ4n) is 1.78. The first kappa shape index (κ1) is 13.8. The lowest BCUT2D eigenvalue weighted by atomic mass is 9.97. The third-order valence-electron chi connectivity index (χ3n) is 2.68. The topological polar surface area (TPSA) is 106 Å². The molecule has 1 aromatic heterocycles. The quantitative estimate of drug-likeness (QED) is 0.835. The minimum absolute atomic E-state index is 0.0302. The number of H-pyrrole nitrogens is 1. The molecule has 0 atom stereocenters. The number of benzene rings is 1.